The second kappa shape index (κ2) is 6.44. The lowest BCUT2D eigenvalue weighted by atomic mass is 10.1. The molecule has 100 valence electrons. The van der Waals surface area contributed by atoms with Crippen molar-refractivity contribution >= 4 is 5.97 Å². The monoisotopic (exact) mass is 257 g/mol. The Hall–Kier alpha value is -1.49. The standard InChI is InChI=1S/C13H17F2NO2/c1-3-12(13(17)18)16(4-2)8-9-10(14)6-5-7-11(9)15/h5-7,12H,3-4,8H2,1-2H3,(H,17,18)/t12-/m1/s1. The smallest absolute Gasteiger partial charge is 0.320 e. The normalized spacial score (nSPS) is 12.7. The van der Waals surface area contributed by atoms with Crippen LogP contribution in [0.2, 0.25) is 0 Å². The average Bonchev–Trinajstić information content (AvgIpc) is 2.32. The van der Waals surface area contributed by atoms with Crippen LogP contribution in [0.4, 0.5) is 8.78 Å². The lowest BCUT2D eigenvalue weighted by Gasteiger charge is -2.27. The molecule has 0 unspecified atom stereocenters. The summed E-state index contributed by atoms with van der Waals surface area (Å²) in [6.07, 6.45) is 0.388. The van der Waals surface area contributed by atoms with Gasteiger partial charge in [0.25, 0.3) is 0 Å². The van der Waals surface area contributed by atoms with Crippen molar-refractivity contribution in [3.05, 3.63) is 35.4 Å². The minimum atomic E-state index is -0.976. The molecule has 1 aromatic rings. The van der Waals surface area contributed by atoms with Gasteiger partial charge < -0.3 is 5.11 Å². The molecule has 5 heteroatoms. The Morgan fingerprint density at radius 1 is 1.33 bits per heavy atom. The maximum absolute atomic E-state index is 13.5. The molecule has 1 aromatic carbocycles. The molecule has 1 N–H and O–H groups in total. The van der Waals surface area contributed by atoms with Crippen LogP contribution in [0.15, 0.2) is 18.2 Å². The number of carboxylic acids is 1. The molecule has 0 aliphatic carbocycles. The van der Waals surface area contributed by atoms with Gasteiger partial charge in [0.2, 0.25) is 0 Å². The molecule has 0 radical (unpaired) electrons. The van der Waals surface area contributed by atoms with Gasteiger partial charge in [-0.3, -0.25) is 9.69 Å². The van der Waals surface area contributed by atoms with Crippen LogP contribution < -0.4 is 0 Å². The SMILES string of the molecule is CC[C@H](C(=O)O)N(CC)Cc1c(F)cccc1F. The predicted molar refractivity (Wildman–Crippen MR) is 64.2 cm³/mol. The van der Waals surface area contributed by atoms with Gasteiger partial charge >= 0.3 is 5.97 Å². The first-order valence-electron chi connectivity index (χ1n) is 5.91. The summed E-state index contributed by atoms with van der Waals surface area (Å²) in [6, 6.07) is 2.91. The van der Waals surface area contributed by atoms with Gasteiger partial charge in [-0.05, 0) is 25.1 Å². The van der Waals surface area contributed by atoms with Crippen molar-refractivity contribution in [2.24, 2.45) is 0 Å². The number of nitrogens with zero attached hydrogens (tertiary/aromatic N) is 1. The Balaban J connectivity index is 2.95. The predicted octanol–water partition coefficient (Wildman–Crippen LogP) is 2.65. The summed E-state index contributed by atoms with van der Waals surface area (Å²) < 4.78 is 27.0. The van der Waals surface area contributed by atoms with E-state index in [0.29, 0.717) is 13.0 Å². The summed E-state index contributed by atoms with van der Waals surface area (Å²) in [7, 11) is 0. The van der Waals surface area contributed by atoms with Crippen molar-refractivity contribution < 1.29 is 18.7 Å². The molecule has 0 amide bonds. The van der Waals surface area contributed by atoms with Crippen LogP contribution in [0.25, 0.3) is 0 Å². The molecule has 1 rings (SSSR count). The van der Waals surface area contributed by atoms with Crippen molar-refractivity contribution in [3.63, 3.8) is 0 Å². The van der Waals surface area contributed by atoms with Crippen molar-refractivity contribution in [3.8, 4) is 0 Å². The first-order chi connectivity index (χ1) is 8.51. The van der Waals surface area contributed by atoms with Crippen molar-refractivity contribution in [1.82, 2.24) is 4.90 Å². The van der Waals surface area contributed by atoms with Gasteiger partial charge in [0.05, 0.1) is 0 Å². The van der Waals surface area contributed by atoms with Gasteiger partial charge in [0.1, 0.15) is 17.7 Å². The van der Waals surface area contributed by atoms with Crippen LogP contribution in [-0.4, -0.2) is 28.6 Å². The maximum Gasteiger partial charge on any atom is 0.320 e. The largest absolute Gasteiger partial charge is 0.480 e. The van der Waals surface area contributed by atoms with Gasteiger partial charge in [-0.1, -0.05) is 19.9 Å². The number of carboxylic acid groups (broad SMARTS) is 1. The van der Waals surface area contributed by atoms with Gasteiger partial charge in [-0.25, -0.2) is 8.78 Å². The van der Waals surface area contributed by atoms with Crippen LogP contribution in [0.1, 0.15) is 25.8 Å². The summed E-state index contributed by atoms with van der Waals surface area (Å²) in [6.45, 7) is 3.88. The van der Waals surface area contributed by atoms with E-state index in [1.54, 1.807) is 18.7 Å². The van der Waals surface area contributed by atoms with E-state index in [9.17, 15) is 13.6 Å². The number of rotatable bonds is 6. The number of hydrogen-bond acceptors (Lipinski definition) is 2. The van der Waals surface area contributed by atoms with Crippen LogP contribution in [0.3, 0.4) is 0 Å². The van der Waals surface area contributed by atoms with E-state index in [-0.39, 0.29) is 12.1 Å². The van der Waals surface area contributed by atoms with E-state index in [2.05, 4.69) is 0 Å². The average molecular weight is 257 g/mol. The zero-order valence-electron chi connectivity index (χ0n) is 10.5. The molecule has 0 aliphatic rings. The molecule has 0 fully saturated rings. The minimum Gasteiger partial charge on any atom is -0.480 e. The fourth-order valence-corrected chi connectivity index (χ4v) is 1.92. The lowest BCUT2D eigenvalue weighted by molar-refractivity contribution is -0.143. The second-order valence-corrected chi connectivity index (χ2v) is 4.03. The Bertz CT molecular complexity index is 403. The molecule has 0 heterocycles. The first-order valence-corrected chi connectivity index (χ1v) is 5.91. The minimum absolute atomic E-state index is 0.0419. The quantitative estimate of drug-likeness (QED) is 0.851. The summed E-state index contributed by atoms with van der Waals surface area (Å²) in [5.74, 6) is -2.27. The van der Waals surface area contributed by atoms with Crippen molar-refractivity contribution in [1.29, 1.82) is 0 Å². The van der Waals surface area contributed by atoms with Gasteiger partial charge in [0, 0.05) is 12.1 Å². The summed E-state index contributed by atoms with van der Waals surface area (Å²) >= 11 is 0. The molecule has 0 saturated carbocycles. The zero-order chi connectivity index (χ0) is 13.7. The number of aliphatic carboxylic acids is 1. The van der Waals surface area contributed by atoms with E-state index < -0.39 is 23.6 Å². The van der Waals surface area contributed by atoms with Gasteiger partial charge in [0.15, 0.2) is 0 Å². The molecular formula is C13H17F2NO2. The highest BCUT2D eigenvalue weighted by atomic mass is 19.1. The zero-order valence-corrected chi connectivity index (χ0v) is 10.5. The topological polar surface area (TPSA) is 40.5 Å². The number of carbonyl (C=O) groups is 1. The molecule has 0 aromatic heterocycles. The number of halogens is 2. The van der Waals surface area contributed by atoms with Crippen molar-refractivity contribution in [2.45, 2.75) is 32.9 Å². The molecule has 3 nitrogen and oxygen atoms in total. The van der Waals surface area contributed by atoms with Gasteiger partial charge in [-0.15, -0.1) is 0 Å². The van der Waals surface area contributed by atoms with E-state index in [0.717, 1.165) is 0 Å². The fraction of sp³-hybridized carbons (Fsp3) is 0.462. The summed E-state index contributed by atoms with van der Waals surface area (Å²) in [4.78, 5) is 12.6. The fourth-order valence-electron chi connectivity index (χ4n) is 1.92. The molecule has 18 heavy (non-hydrogen) atoms. The van der Waals surface area contributed by atoms with E-state index in [1.165, 1.54) is 18.2 Å². The van der Waals surface area contributed by atoms with Crippen molar-refractivity contribution in [2.75, 3.05) is 6.54 Å². The maximum atomic E-state index is 13.5. The molecule has 0 spiro atoms. The third-order valence-corrected chi connectivity index (χ3v) is 2.94. The third-order valence-electron chi connectivity index (χ3n) is 2.94. The second-order valence-electron chi connectivity index (χ2n) is 4.03. The first kappa shape index (κ1) is 14.6. The Morgan fingerprint density at radius 3 is 2.28 bits per heavy atom. The van der Waals surface area contributed by atoms with E-state index in [4.69, 9.17) is 5.11 Å². The third kappa shape index (κ3) is 3.26. The lowest BCUT2D eigenvalue weighted by Crippen LogP contribution is -2.40. The molecular weight excluding hydrogens is 240 g/mol. The molecule has 0 aliphatic heterocycles. The van der Waals surface area contributed by atoms with E-state index >= 15 is 0 Å². The Labute approximate surface area is 105 Å². The van der Waals surface area contributed by atoms with Crippen LogP contribution in [0.5, 0.6) is 0 Å². The van der Waals surface area contributed by atoms with Crippen LogP contribution >= 0.6 is 0 Å². The van der Waals surface area contributed by atoms with Gasteiger partial charge in [-0.2, -0.15) is 0 Å². The summed E-state index contributed by atoms with van der Waals surface area (Å²) in [5, 5.41) is 9.06. The number of likely N-dealkylation sites (N-methyl/N-ethyl adjacent to an activating group) is 1. The highest BCUT2D eigenvalue weighted by Crippen LogP contribution is 2.17. The van der Waals surface area contributed by atoms with Crippen LogP contribution in [-0.2, 0) is 11.3 Å². The van der Waals surface area contributed by atoms with Crippen LogP contribution in [0, 0.1) is 11.6 Å². The molecule has 1 atom stereocenters. The molecule has 0 bridgehead atoms. The number of benzene rings is 1. The van der Waals surface area contributed by atoms with E-state index in [1.807, 2.05) is 0 Å². The molecule has 0 saturated heterocycles. The Kier molecular flexibility index (Phi) is 5.22. The highest BCUT2D eigenvalue weighted by molar-refractivity contribution is 5.73. The summed E-state index contributed by atoms with van der Waals surface area (Å²) in [5.41, 5.74) is -0.0842. The Morgan fingerprint density at radius 2 is 1.89 bits per heavy atom. The highest BCUT2D eigenvalue weighted by Gasteiger charge is 2.24. The number of hydrogen-bond donors (Lipinski definition) is 1.